The third-order valence-electron chi connectivity index (χ3n) is 3.23. The van der Waals surface area contributed by atoms with Crippen LogP contribution in [0.1, 0.15) is 46.5 Å². The number of hydrogen-bond donors (Lipinski definition) is 2. The van der Waals surface area contributed by atoms with Gasteiger partial charge in [0, 0.05) is 6.54 Å². The van der Waals surface area contributed by atoms with Gasteiger partial charge in [-0.15, -0.1) is 0 Å². The van der Waals surface area contributed by atoms with E-state index in [0.717, 1.165) is 6.54 Å². The summed E-state index contributed by atoms with van der Waals surface area (Å²) in [5.41, 5.74) is 6.62. The Morgan fingerprint density at radius 3 is 2.68 bits per heavy atom. The van der Waals surface area contributed by atoms with Crippen molar-refractivity contribution in [1.82, 2.24) is 9.97 Å². The van der Waals surface area contributed by atoms with E-state index in [4.69, 9.17) is 10.5 Å². The van der Waals surface area contributed by atoms with E-state index in [1.165, 1.54) is 32.0 Å². The second-order valence-electron chi connectivity index (χ2n) is 5.62. The number of ether oxygens (including phenoxy) is 1. The van der Waals surface area contributed by atoms with Gasteiger partial charge in [-0.05, 0) is 11.8 Å². The molecule has 0 aliphatic rings. The summed E-state index contributed by atoms with van der Waals surface area (Å²) < 4.78 is 5.08. The van der Waals surface area contributed by atoms with Crippen LogP contribution in [0.2, 0.25) is 0 Å². The molecule has 0 aromatic carbocycles. The third-order valence-corrected chi connectivity index (χ3v) is 3.23. The number of anilines is 2. The zero-order chi connectivity index (χ0) is 14.3. The van der Waals surface area contributed by atoms with E-state index >= 15 is 0 Å². The topological polar surface area (TPSA) is 73.1 Å². The molecule has 0 aliphatic carbocycles. The zero-order valence-electron chi connectivity index (χ0n) is 12.5. The van der Waals surface area contributed by atoms with Crippen LogP contribution in [0.4, 0.5) is 11.5 Å². The summed E-state index contributed by atoms with van der Waals surface area (Å²) in [6.45, 7) is 7.56. The Bertz CT molecular complexity index is 393. The lowest BCUT2D eigenvalue weighted by Crippen LogP contribution is -2.24. The number of methoxy groups -OCH3 is 1. The number of rotatable bonds is 8. The molecule has 1 heterocycles. The molecular weight excluding hydrogens is 240 g/mol. The molecule has 1 aromatic heterocycles. The number of hydrogen-bond acceptors (Lipinski definition) is 5. The number of unbranched alkanes of at least 4 members (excludes halogenated alkanes) is 2. The molecule has 19 heavy (non-hydrogen) atoms. The lowest BCUT2D eigenvalue weighted by atomic mass is 9.87. The van der Waals surface area contributed by atoms with Gasteiger partial charge in [0.05, 0.1) is 7.11 Å². The van der Waals surface area contributed by atoms with Crippen molar-refractivity contribution in [2.45, 2.75) is 46.5 Å². The summed E-state index contributed by atoms with van der Waals surface area (Å²) in [5, 5.41) is 3.30. The van der Waals surface area contributed by atoms with E-state index in [9.17, 15) is 0 Å². The summed E-state index contributed by atoms with van der Waals surface area (Å²) in [6, 6.07) is 0. The predicted molar refractivity (Wildman–Crippen MR) is 79.4 cm³/mol. The fraction of sp³-hybridized carbons (Fsp3) is 0.714. The normalized spacial score (nSPS) is 11.4. The first-order valence-electron chi connectivity index (χ1n) is 6.88. The Labute approximate surface area is 116 Å². The number of nitrogens with zero attached hydrogens (tertiary/aromatic N) is 2. The van der Waals surface area contributed by atoms with Crippen LogP contribution in [0.3, 0.4) is 0 Å². The fourth-order valence-corrected chi connectivity index (χ4v) is 1.95. The van der Waals surface area contributed by atoms with E-state index in [-0.39, 0.29) is 5.41 Å². The average Bonchev–Trinajstić information content (AvgIpc) is 2.38. The van der Waals surface area contributed by atoms with Crippen molar-refractivity contribution >= 4 is 11.5 Å². The van der Waals surface area contributed by atoms with Gasteiger partial charge < -0.3 is 15.8 Å². The quantitative estimate of drug-likeness (QED) is 0.707. The Kier molecular flexibility index (Phi) is 5.86. The van der Waals surface area contributed by atoms with Crippen LogP contribution in [-0.4, -0.2) is 23.6 Å². The molecule has 3 N–H and O–H groups in total. The SMILES string of the molecule is CCCCCC(C)(C)CNc1ncnc(OC)c1N. The zero-order valence-corrected chi connectivity index (χ0v) is 12.5. The maximum Gasteiger partial charge on any atom is 0.242 e. The molecule has 0 atom stereocenters. The van der Waals surface area contributed by atoms with Crippen LogP contribution in [0.5, 0.6) is 5.88 Å². The van der Waals surface area contributed by atoms with E-state index in [2.05, 4.69) is 36.1 Å². The molecule has 0 fully saturated rings. The maximum absolute atomic E-state index is 5.93. The lowest BCUT2D eigenvalue weighted by Gasteiger charge is -2.25. The van der Waals surface area contributed by atoms with Crippen LogP contribution in [0.15, 0.2) is 6.33 Å². The van der Waals surface area contributed by atoms with Gasteiger partial charge in [-0.3, -0.25) is 0 Å². The minimum atomic E-state index is 0.222. The molecule has 5 nitrogen and oxygen atoms in total. The molecule has 5 heteroatoms. The first-order chi connectivity index (χ1) is 9.00. The summed E-state index contributed by atoms with van der Waals surface area (Å²) in [5.74, 6) is 1.07. The van der Waals surface area contributed by atoms with Crippen LogP contribution in [-0.2, 0) is 0 Å². The van der Waals surface area contributed by atoms with E-state index in [1.54, 1.807) is 7.11 Å². The van der Waals surface area contributed by atoms with Crippen LogP contribution < -0.4 is 15.8 Å². The highest BCUT2D eigenvalue weighted by atomic mass is 16.5. The van der Waals surface area contributed by atoms with Crippen molar-refractivity contribution in [2.75, 3.05) is 24.7 Å². The van der Waals surface area contributed by atoms with Gasteiger partial charge in [-0.1, -0.05) is 40.0 Å². The first-order valence-corrected chi connectivity index (χ1v) is 6.88. The van der Waals surface area contributed by atoms with Gasteiger partial charge in [-0.2, -0.15) is 4.98 Å². The molecule has 0 saturated carbocycles. The largest absolute Gasteiger partial charge is 0.479 e. The maximum atomic E-state index is 5.93. The number of nitrogens with two attached hydrogens (primary N) is 1. The molecule has 1 aromatic rings. The number of nitrogens with one attached hydrogen (secondary N) is 1. The van der Waals surface area contributed by atoms with Crippen molar-refractivity contribution in [2.24, 2.45) is 5.41 Å². The third kappa shape index (κ3) is 4.93. The Morgan fingerprint density at radius 2 is 2.05 bits per heavy atom. The minimum Gasteiger partial charge on any atom is -0.479 e. The van der Waals surface area contributed by atoms with Crippen molar-refractivity contribution < 1.29 is 4.74 Å². The fourth-order valence-electron chi connectivity index (χ4n) is 1.95. The molecule has 0 amide bonds. The lowest BCUT2D eigenvalue weighted by molar-refractivity contribution is 0.342. The second kappa shape index (κ2) is 7.16. The van der Waals surface area contributed by atoms with Crippen molar-refractivity contribution in [3.8, 4) is 5.88 Å². The molecule has 0 unspecified atom stereocenters. The molecule has 1 rings (SSSR count). The minimum absolute atomic E-state index is 0.222. The summed E-state index contributed by atoms with van der Waals surface area (Å²) in [6.07, 6.45) is 6.44. The standard InChI is InChI=1S/C14H26N4O/c1-5-6-7-8-14(2,3)9-16-12-11(15)13(19-4)18-10-17-12/h10H,5-9,15H2,1-4H3,(H,16,17,18). The average molecular weight is 266 g/mol. The van der Waals surface area contributed by atoms with E-state index < -0.39 is 0 Å². The van der Waals surface area contributed by atoms with Crippen molar-refractivity contribution in [3.63, 3.8) is 0 Å². The highest BCUT2D eigenvalue weighted by Crippen LogP contribution is 2.28. The van der Waals surface area contributed by atoms with Crippen LogP contribution in [0, 0.1) is 5.41 Å². The molecule has 0 spiro atoms. The number of aromatic nitrogens is 2. The molecule has 0 radical (unpaired) electrons. The van der Waals surface area contributed by atoms with E-state index in [1.807, 2.05) is 0 Å². The van der Waals surface area contributed by atoms with E-state index in [0.29, 0.717) is 17.4 Å². The number of nitrogen functional groups attached to an aromatic ring is 1. The summed E-state index contributed by atoms with van der Waals surface area (Å²) >= 11 is 0. The van der Waals surface area contributed by atoms with Gasteiger partial charge in [0.1, 0.15) is 12.0 Å². The molecular formula is C14H26N4O. The van der Waals surface area contributed by atoms with Gasteiger partial charge in [0.15, 0.2) is 5.82 Å². The van der Waals surface area contributed by atoms with Crippen LogP contribution >= 0.6 is 0 Å². The molecule has 0 saturated heterocycles. The summed E-state index contributed by atoms with van der Waals surface area (Å²) in [4.78, 5) is 8.12. The van der Waals surface area contributed by atoms with Crippen molar-refractivity contribution in [1.29, 1.82) is 0 Å². The molecule has 108 valence electrons. The first kappa shape index (κ1) is 15.5. The van der Waals surface area contributed by atoms with Crippen molar-refractivity contribution in [3.05, 3.63) is 6.33 Å². The highest BCUT2D eigenvalue weighted by Gasteiger charge is 2.18. The highest BCUT2D eigenvalue weighted by molar-refractivity contribution is 5.66. The molecule has 0 bridgehead atoms. The van der Waals surface area contributed by atoms with Gasteiger partial charge in [-0.25, -0.2) is 4.98 Å². The second-order valence-corrected chi connectivity index (χ2v) is 5.62. The Morgan fingerprint density at radius 1 is 1.32 bits per heavy atom. The van der Waals surface area contributed by atoms with Gasteiger partial charge >= 0.3 is 0 Å². The van der Waals surface area contributed by atoms with Gasteiger partial charge in [0.25, 0.3) is 0 Å². The van der Waals surface area contributed by atoms with Gasteiger partial charge in [0.2, 0.25) is 5.88 Å². The van der Waals surface area contributed by atoms with Crippen LogP contribution in [0.25, 0.3) is 0 Å². The Hall–Kier alpha value is -1.52. The summed E-state index contributed by atoms with van der Waals surface area (Å²) in [7, 11) is 1.55. The predicted octanol–water partition coefficient (Wildman–Crippen LogP) is 3.09. The monoisotopic (exact) mass is 266 g/mol. The Balaban J connectivity index is 2.56. The molecule has 0 aliphatic heterocycles. The smallest absolute Gasteiger partial charge is 0.242 e.